The molecular formula is C12H17BrO. The van der Waals surface area contributed by atoms with E-state index in [1.54, 1.807) is 6.07 Å². The third-order valence-corrected chi connectivity index (χ3v) is 3.09. The van der Waals surface area contributed by atoms with Crippen LogP contribution in [0.15, 0.2) is 16.6 Å². The van der Waals surface area contributed by atoms with E-state index in [-0.39, 0.29) is 0 Å². The molecule has 0 radical (unpaired) electrons. The van der Waals surface area contributed by atoms with Crippen LogP contribution in [0.1, 0.15) is 37.8 Å². The van der Waals surface area contributed by atoms with Crippen molar-refractivity contribution in [2.24, 2.45) is 0 Å². The number of phenols is 1. The predicted molar refractivity (Wildman–Crippen MR) is 63.8 cm³/mol. The summed E-state index contributed by atoms with van der Waals surface area (Å²) in [6, 6.07) is 3.70. The zero-order valence-corrected chi connectivity index (χ0v) is 10.4. The zero-order chi connectivity index (χ0) is 10.6. The third kappa shape index (κ3) is 2.50. The first-order valence-electron chi connectivity index (χ1n) is 5.19. The molecule has 1 rings (SSSR count). The van der Waals surface area contributed by atoms with E-state index >= 15 is 0 Å². The maximum atomic E-state index is 9.75. The van der Waals surface area contributed by atoms with Crippen LogP contribution in [-0.4, -0.2) is 5.11 Å². The minimum atomic E-state index is 0.443. The van der Waals surface area contributed by atoms with Crippen LogP contribution >= 0.6 is 15.9 Å². The molecule has 1 aromatic rings. The van der Waals surface area contributed by atoms with E-state index in [1.165, 1.54) is 5.56 Å². The van der Waals surface area contributed by atoms with Gasteiger partial charge >= 0.3 is 0 Å². The summed E-state index contributed by atoms with van der Waals surface area (Å²) in [5.41, 5.74) is 2.39. The molecule has 0 aliphatic heterocycles. The molecule has 0 atom stereocenters. The lowest BCUT2D eigenvalue weighted by Gasteiger charge is -2.12. The maximum absolute atomic E-state index is 9.75. The van der Waals surface area contributed by atoms with Crippen molar-refractivity contribution in [1.82, 2.24) is 0 Å². The summed E-state index contributed by atoms with van der Waals surface area (Å²) < 4.78 is 1.13. The molecule has 2 heteroatoms. The maximum Gasteiger partial charge on any atom is 0.119 e. The van der Waals surface area contributed by atoms with Gasteiger partial charge in [-0.3, -0.25) is 0 Å². The van der Waals surface area contributed by atoms with Gasteiger partial charge in [0, 0.05) is 4.47 Å². The Bertz CT molecular complexity index is 276. The number of benzene rings is 1. The monoisotopic (exact) mass is 256 g/mol. The van der Waals surface area contributed by atoms with E-state index in [4.69, 9.17) is 0 Å². The van der Waals surface area contributed by atoms with E-state index in [0.29, 0.717) is 5.75 Å². The van der Waals surface area contributed by atoms with Crippen molar-refractivity contribution in [3.8, 4) is 5.75 Å². The van der Waals surface area contributed by atoms with Crippen LogP contribution in [0.2, 0.25) is 0 Å². The molecule has 0 bridgehead atoms. The number of phenolic OH excluding ortho intramolecular Hbond substituents is 1. The van der Waals surface area contributed by atoms with Crippen LogP contribution in [0.3, 0.4) is 0 Å². The van der Waals surface area contributed by atoms with Crippen molar-refractivity contribution < 1.29 is 5.11 Å². The van der Waals surface area contributed by atoms with Gasteiger partial charge in [-0.1, -0.05) is 42.6 Å². The van der Waals surface area contributed by atoms with E-state index in [0.717, 1.165) is 35.7 Å². The Morgan fingerprint density at radius 1 is 1.07 bits per heavy atom. The Morgan fingerprint density at radius 2 is 1.64 bits per heavy atom. The fraction of sp³-hybridized carbons (Fsp3) is 0.500. The predicted octanol–water partition coefficient (Wildman–Crippen LogP) is 4.06. The number of aromatic hydroxyl groups is 1. The first-order valence-corrected chi connectivity index (χ1v) is 5.99. The van der Waals surface area contributed by atoms with Crippen LogP contribution in [0.4, 0.5) is 0 Å². The molecule has 1 N–H and O–H groups in total. The Morgan fingerprint density at radius 3 is 2.21 bits per heavy atom. The molecule has 0 spiro atoms. The molecule has 0 saturated carbocycles. The molecule has 0 unspecified atom stereocenters. The number of rotatable bonds is 4. The molecular weight excluding hydrogens is 240 g/mol. The highest BCUT2D eigenvalue weighted by atomic mass is 79.9. The van der Waals surface area contributed by atoms with E-state index in [1.807, 2.05) is 6.07 Å². The molecule has 1 aromatic carbocycles. The van der Waals surface area contributed by atoms with Gasteiger partial charge in [0.2, 0.25) is 0 Å². The quantitative estimate of drug-likeness (QED) is 0.862. The first kappa shape index (κ1) is 11.6. The van der Waals surface area contributed by atoms with E-state index in [2.05, 4.69) is 29.8 Å². The van der Waals surface area contributed by atoms with Crippen LogP contribution < -0.4 is 0 Å². The average molecular weight is 257 g/mol. The molecule has 14 heavy (non-hydrogen) atoms. The number of hydrogen-bond acceptors (Lipinski definition) is 1. The van der Waals surface area contributed by atoms with Gasteiger partial charge in [-0.05, 0) is 36.1 Å². The van der Waals surface area contributed by atoms with Gasteiger partial charge in [0.15, 0.2) is 0 Å². The molecule has 1 nitrogen and oxygen atoms in total. The van der Waals surface area contributed by atoms with Gasteiger partial charge in [-0.25, -0.2) is 0 Å². The Kier molecular flexibility index (Phi) is 4.46. The lowest BCUT2D eigenvalue weighted by Crippen LogP contribution is -1.96. The average Bonchev–Trinajstić information content (AvgIpc) is 2.17. The summed E-state index contributed by atoms with van der Waals surface area (Å²) in [6.07, 6.45) is 4.17. The van der Waals surface area contributed by atoms with Crippen LogP contribution in [0.25, 0.3) is 0 Å². The van der Waals surface area contributed by atoms with Crippen molar-refractivity contribution in [2.75, 3.05) is 0 Å². The second-order valence-corrected chi connectivity index (χ2v) is 4.38. The van der Waals surface area contributed by atoms with Gasteiger partial charge in [0.1, 0.15) is 5.75 Å². The summed E-state index contributed by atoms with van der Waals surface area (Å²) in [7, 11) is 0. The molecule has 0 saturated heterocycles. The fourth-order valence-corrected chi connectivity index (χ4v) is 2.27. The zero-order valence-electron chi connectivity index (χ0n) is 8.81. The Labute approximate surface area is 94.3 Å². The second-order valence-electron chi connectivity index (χ2n) is 3.52. The van der Waals surface area contributed by atoms with Gasteiger partial charge in [-0.15, -0.1) is 0 Å². The highest BCUT2D eigenvalue weighted by Crippen LogP contribution is 2.30. The SMILES string of the molecule is CCCc1c(O)ccc(Br)c1CCC. The molecule has 0 aliphatic carbocycles. The van der Waals surface area contributed by atoms with Crippen LogP contribution in [0.5, 0.6) is 5.75 Å². The van der Waals surface area contributed by atoms with E-state index < -0.39 is 0 Å². The number of halogens is 1. The molecule has 0 amide bonds. The van der Waals surface area contributed by atoms with Crippen LogP contribution in [-0.2, 0) is 12.8 Å². The van der Waals surface area contributed by atoms with Gasteiger partial charge < -0.3 is 5.11 Å². The normalized spacial score (nSPS) is 10.5. The summed E-state index contributed by atoms with van der Waals surface area (Å²) in [5, 5.41) is 9.75. The molecule has 0 heterocycles. The Hall–Kier alpha value is -0.500. The summed E-state index contributed by atoms with van der Waals surface area (Å²) in [4.78, 5) is 0. The minimum absolute atomic E-state index is 0.443. The van der Waals surface area contributed by atoms with Gasteiger partial charge in [0.05, 0.1) is 0 Å². The second kappa shape index (κ2) is 5.40. The molecule has 0 aromatic heterocycles. The van der Waals surface area contributed by atoms with Crippen molar-refractivity contribution in [3.63, 3.8) is 0 Å². The lowest BCUT2D eigenvalue weighted by molar-refractivity contribution is 0.466. The number of hydrogen-bond donors (Lipinski definition) is 1. The van der Waals surface area contributed by atoms with Crippen molar-refractivity contribution in [3.05, 3.63) is 27.7 Å². The summed E-state index contributed by atoms with van der Waals surface area (Å²) in [5.74, 6) is 0.443. The smallest absolute Gasteiger partial charge is 0.119 e. The van der Waals surface area contributed by atoms with E-state index in [9.17, 15) is 5.11 Å². The standard InChI is InChI=1S/C12H17BrO/c1-3-5-9-10(6-4-2)12(14)8-7-11(9)13/h7-8,14H,3-6H2,1-2H3. The highest BCUT2D eigenvalue weighted by molar-refractivity contribution is 9.10. The molecule has 0 fully saturated rings. The first-order chi connectivity index (χ1) is 6.70. The topological polar surface area (TPSA) is 20.2 Å². The fourth-order valence-electron chi connectivity index (χ4n) is 1.70. The van der Waals surface area contributed by atoms with Crippen molar-refractivity contribution in [1.29, 1.82) is 0 Å². The lowest BCUT2D eigenvalue weighted by atomic mass is 9.99. The highest BCUT2D eigenvalue weighted by Gasteiger charge is 2.09. The summed E-state index contributed by atoms with van der Waals surface area (Å²) >= 11 is 3.54. The summed E-state index contributed by atoms with van der Waals surface area (Å²) in [6.45, 7) is 4.29. The van der Waals surface area contributed by atoms with Gasteiger partial charge in [-0.2, -0.15) is 0 Å². The van der Waals surface area contributed by atoms with Crippen molar-refractivity contribution in [2.45, 2.75) is 39.5 Å². The minimum Gasteiger partial charge on any atom is -0.508 e. The molecule has 78 valence electrons. The van der Waals surface area contributed by atoms with Gasteiger partial charge in [0.25, 0.3) is 0 Å². The largest absolute Gasteiger partial charge is 0.508 e. The third-order valence-electron chi connectivity index (χ3n) is 2.35. The van der Waals surface area contributed by atoms with Crippen molar-refractivity contribution >= 4 is 15.9 Å². The Balaban J connectivity index is 3.12. The van der Waals surface area contributed by atoms with Crippen LogP contribution in [0, 0.1) is 0 Å². The molecule has 0 aliphatic rings.